The summed E-state index contributed by atoms with van der Waals surface area (Å²) in [6, 6.07) is 0. The Morgan fingerprint density at radius 3 is 1.20 bits per heavy atom. The summed E-state index contributed by atoms with van der Waals surface area (Å²) in [6.45, 7) is 0. The van der Waals surface area contributed by atoms with Crippen molar-refractivity contribution in [2.24, 2.45) is 0 Å². The Labute approximate surface area is 86.5 Å². The average Bonchev–Trinajstić information content (AvgIpc) is 1.70. The van der Waals surface area contributed by atoms with E-state index in [0.29, 0.717) is 12.2 Å². The third-order valence-electron chi connectivity index (χ3n) is 0. The maximum atomic E-state index is 8.24. The second-order valence-electron chi connectivity index (χ2n) is 0.283. The molecule has 0 aromatic rings. The molecule has 0 saturated carbocycles. The zero-order valence-electron chi connectivity index (χ0n) is 4.81. The number of hydrogen-bond acceptors (Lipinski definition) is 4. The first-order chi connectivity index (χ1) is 4.24. The monoisotopic (exact) mass is 167 g/mol. The van der Waals surface area contributed by atoms with Crippen LogP contribution >= 0.6 is 0 Å². The summed E-state index contributed by atoms with van der Waals surface area (Å²) in [5, 5.41) is 27.3. The van der Waals surface area contributed by atoms with Gasteiger partial charge in [-0.15, -0.1) is 0 Å². The van der Waals surface area contributed by atoms with Gasteiger partial charge in [-0.1, -0.05) is 0 Å². The summed E-state index contributed by atoms with van der Waals surface area (Å²) in [5.41, 5.74) is 0. The number of nitriles is 1. The molecule has 0 amide bonds. The SMILES string of the molecule is N#CO.[Ca+2].[N-]=C=O.[N-]=C=O. The van der Waals surface area contributed by atoms with Crippen molar-refractivity contribution in [1.82, 2.24) is 0 Å². The topological polar surface area (TPSA) is 123 Å². The maximum Gasteiger partial charge on any atom is 2.00 e. The van der Waals surface area contributed by atoms with Gasteiger partial charge in [0.1, 0.15) is 0 Å². The van der Waals surface area contributed by atoms with Gasteiger partial charge in [0.15, 0.2) is 0 Å². The van der Waals surface area contributed by atoms with E-state index in [4.69, 9.17) is 30.8 Å². The smallest absolute Gasteiger partial charge is 0.724 e. The summed E-state index contributed by atoms with van der Waals surface area (Å²) < 4.78 is 0. The van der Waals surface area contributed by atoms with E-state index in [2.05, 4.69) is 0 Å². The predicted molar refractivity (Wildman–Crippen MR) is 31.4 cm³/mol. The number of rotatable bonds is 0. The number of hydrogen-bond donors (Lipinski definition) is 1. The maximum absolute atomic E-state index is 8.24. The molecule has 0 rings (SSSR count). The molecule has 0 heterocycles. The number of isocyanates is 2. The van der Waals surface area contributed by atoms with E-state index in [9.17, 15) is 0 Å². The Kier molecular flexibility index (Phi) is 190. The molecule has 10 heavy (non-hydrogen) atoms. The number of aliphatic hydroxyl groups excluding tert-OH is 1. The summed E-state index contributed by atoms with van der Waals surface area (Å²) >= 11 is 0. The number of carbonyl (C=O) groups excluding carboxylic acids is 2. The van der Waals surface area contributed by atoms with Crippen molar-refractivity contribution >= 4 is 49.9 Å². The van der Waals surface area contributed by atoms with E-state index < -0.39 is 0 Å². The fourth-order valence-electron chi connectivity index (χ4n) is 0. The fraction of sp³-hybridized carbons (Fsp3) is 0. The molecular formula is C3HCaN3O3. The molecule has 0 aliphatic rings. The van der Waals surface area contributed by atoms with E-state index in [1.807, 2.05) is 0 Å². The van der Waals surface area contributed by atoms with Crippen molar-refractivity contribution in [2.75, 3.05) is 0 Å². The molecule has 7 heteroatoms. The first kappa shape index (κ1) is 22.8. The molecule has 0 aromatic heterocycles. The molecule has 0 aromatic carbocycles. The second kappa shape index (κ2) is 83.2. The van der Waals surface area contributed by atoms with Crippen LogP contribution in [-0.4, -0.2) is 55.0 Å². The van der Waals surface area contributed by atoms with Gasteiger partial charge in [-0.2, -0.15) is 5.26 Å². The van der Waals surface area contributed by atoms with Crippen molar-refractivity contribution in [2.45, 2.75) is 0 Å². The minimum Gasteiger partial charge on any atom is -0.724 e. The van der Waals surface area contributed by atoms with Crippen LogP contribution in [0.1, 0.15) is 0 Å². The van der Waals surface area contributed by atoms with Crippen LogP contribution in [0, 0.1) is 11.5 Å². The molecule has 0 atom stereocenters. The van der Waals surface area contributed by atoms with Crippen LogP contribution < -0.4 is 0 Å². The van der Waals surface area contributed by atoms with Crippen LogP contribution in [0.5, 0.6) is 0 Å². The van der Waals surface area contributed by atoms with Crippen molar-refractivity contribution < 1.29 is 14.7 Å². The molecule has 0 aliphatic carbocycles. The van der Waals surface area contributed by atoms with Crippen molar-refractivity contribution in [3.8, 4) is 6.26 Å². The molecule has 0 bridgehead atoms. The van der Waals surface area contributed by atoms with Crippen LogP contribution in [0.2, 0.25) is 0 Å². The number of aliphatic hydroxyl groups is 1. The van der Waals surface area contributed by atoms with Gasteiger partial charge in [-0.05, 0) is 12.2 Å². The molecule has 0 fully saturated rings. The molecule has 1 N–H and O–H groups in total. The summed E-state index contributed by atoms with van der Waals surface area (Å²) in [7, 11) is 0. The first-order valence-electron chi connectivity index (χ1n) is 1.30. The third kappa shape index (κ3) is 611. The van der Waals surface area contributed by atoms with E-state index in [0.717, 1.165) is 6.26 Å². The fourth-order valence-corrected chi connectivity index (χ4v) is 0. The molecular weight excluding hydrogens is 166 g/mol. The largest absolute Gasteiger partial charge is 2.00 e. The Balaban J connectivity index is -0.0000000257. The van der Waals surface area contributed by atoms with Gasteiger partial charge < -0.3 is 15.9 Å². The average molecular weight is 167 g/mol. The molecule has 48 valence electrons. The molecule has 6 nitrogen and oxygen atoms in total. The predicted octanol–water partition coefficient (Wildman–Crippen LogP) is -0.758. The Morgan fingerprint density at radius 1 is 1.20 bits per heavy atom. The Hall–Kier alpha value is -0.690. The van der Waals surface area contributed by atoms with Gasteiger partial charge in [0.2, 0.25) is 0 Å². The molecule has 0 aliphatic heterocycles. The van der Waals surface area contributed by atoms with Gasteiger partial charge in [0.25, 0.3) is 6.26 Å². The van der Waals surface area contributed by atoms with Crippen LogP contribution in [0.25, 0.3) is 10.8 Å². The van der Waals surface area contributed by atoms with Gasteiger partial charge in [-0.3, -0.25) is 9.59 Å². The van der Waals surface area contributed by atoms with Crippen molar-refractivity contribution in [1.29, 1.82) is 5.26 Å². The normalized spacial score (nSPS) is 2.30. The Morgan fingerprint density at radius 2 is 1.20 bits per heavy atom. The Bertz CT molecular complexity index is 128. The molecule has 0 saturated heterocycles. The van der Waals surface area contributed by atoms with Gasteiger partial charge in [-0.25, -0.2) is 0 Å². The van der Waals surface area contributed by atoms with Crippen LogP contribution in [-0.2, 0) is 9.59 Å². The van der Waals surface area contributed by atoms with Crippen molar-refractivity contribution in [3.05, 3.63) is 10.8 Å². The van der Waals surface area contributed by atoms with Crippen LogP contribution in [0.3, 0.4) is 0 Å². The van der Waals surface area contributed by atoms with Crippen molar-refractivity contribution in [3.63, 3.8) is 0 Å². The first-order valence-corrected chi connectivity index (χ1v) is 1.30. The minimum absolute atomic E-state index is 0. The van der Waals surface area contributed by atoms with Gasteiger partial charge in [0.05, 0.1) is 0 Å². The van der Waals surface area contributed by atoms with Crippen LogP contribution in [0.15, 0.2) is 0 Å². The molecule has 0 spiro atoms. The van der Waals surface area contributed by atoms with Gasteiger partial charge in [0, 0.05) is 0 Å². The van der Waals surface area contributed by atoms with E-state index >= 15 is 0 Å². The summed E-state index contributed by atoms with van der Waals surface area (Å²) in [6.07, 6.45) is 1.75. The molecule has 0 radical (unpaired) electrons. The van der Waals surface area contributed by atoms with E-state index in [1.165, 1.54) is 0 Å². The standard InChI is InChI=1S/CHNO.2CNO.Ca/c3*2-1-3;/h3H;;;/q;2*-1;+2. The summed E-state index contributed by atoms with van der Waals surface area (Å²) in [5.74, 6) is 0. The quantitative estimate of drug-likeness (QED) is 0.220. The third-order valence-corrected chi connectivity index (χ3v) is 0. The number of nitrogens with zero attached hydrogens (tertiary/aromatic N) is 3. The minimum atomic E-state index is 0. The van der Waals surface area contributed by atoms with Gasteiger partial charge >= 0.3 is 37.7 Å². The zero-order valence-corrected chi connectivity index (χ0v) is 7.02. The van der Waals surface area contributed by atoms with Crippen LogP contribution in [0.4, 0.5) is 0 Å². The van der Waals surface area contributed by atoms with E-state index in [-0.39, 0.29) is 37.7 Å². The second-order valence-corrected chi connectivity index (χ2v) is 0.283. The van der Waals surface area contributed by atoms with E-state index in [1.54, 1.807) is 0 Å². The summed E-state index contributed by atoms with van der Waals surface area (Å²) in [4.78, 5) is 16.5. The molecule has 0 unspecified atom stereocenters. The zero-order chi connectivity index (χ0) is 8.12.